The molecule has 0 aromatic heterocycles. The van der Waals surface area contributed by atoms with Crippen molar-refractivity contribution in [2.24, 2.45) is 11.8 Å². The molecule has 2 fully saturated rings. The molecule has 4 aliphatic carbocycles. The molecule has 2 aromatic rings. The van der Waals surface area contributed by atoms with Gasteiger partial charge in [0.25, 0.3) is 0 Å². The third-order valence-corrected chi connectivity index (χ3v) is 36.2. The zero-order valence-electron chi connectivity index (χ0n) is 22.7. The number of rotatable bonds is 6. The third-order valence-electron chi connectivity index (χ3n) is 8.82. The zero-order valence-corrected chi connectivity index (χ0v) is 28.8. The Bertz CT molecular complexity index is 1170. The van der Waals surface area contributed by atoms with Gasteiger partial charge in [0.2, 0.25) is 0 Å². The summed E-state index contributed by atoms with van der Waals surface area (Å²) in [6, 6.07) is 14.8. The van der Waals surface area contributed by atoms with Gasteiger partial charge in [0.15, 0.2) is 0 Å². The van der Waals surface area contributed by atoms with E-state index in [2.05, 4.69) is 89.3 Å². The van der Waals surface area contributed by atoms with Crippen molar-refractivity contribution >= 4 is 17.6 Å². The standard InChI is InChI=1S/2C15H17.C2H6Si.2ClH.Hf/c2*1-10(2)13-8-12-4-3-5-14(11-6-7-11)15(12)9-13;1-3-2;;;/h2*3-5,8-11H,6-7H2,1-2H3;1-2H3;2*1H;/q;;;;;+2/p-2. The molecule has 0 nitrogen and oxygen atoms in total. The number of hydrogen-bond acceptors (Lipinski definition) is 0. The van der Waals surface area contributed by atoms with Gasteiger partial charge in [-0.25, -0.2) is 0 Å². The average Bonchev–Trinajstić information content (AvgIpc) is 3.73. The summed E-state index contributed by atoms with van der Waals surface area (Å²) in [5, 5.41) is 0. The fourth-order valence-electron chi connectivity index (χ4n) is 6.84. The molecule has 0 heterocycles. The molecule has 0 radical (unpaired) electrons. The van der Waals surface area contributed by atoms with E-state index in [1.54, 1.807) is 44.5 Å². The van der Waals surface area contributed by atoms with E-state index in [1.165, 1.54) is 25.7 Å². The summed E-state index contributed by atoms with van der Waals surface area (Å²) in [5.74, 6) is 2.96. The largest absolute Gasteiger partial charge is 1.00 e. The predicted molar refractivity (Wildman–Crippen MR) is 145 cm³/mol. The zero-order chi connectivity index (χ0) is 23.7. The smallest absolute Gasteiger partial charge is 1.00 e. The number of halogens is 2. The first-order chi connectivity index (χ1) is 16.4. The summed E-state index contributed by atoms with van der Waals surface area (Å²) in [6.07, 6.45) is 11.0. The van der Waals surface area contributed by atoms with E-state index in [0.29, 0.717) is 11.8 Å². The van der Waals surface area contributed by atoms with E-state index in [4.69, 9.17) is 0 Å². The summed E-state index contributed by atoms with van der Waals surface area (Å²) in [7, 11) is 0. The van der Waals surface area contributed by atoms with Crippen LogP contribution in [0.25, 0.3) is 12.2 Å². The van der Waals surface area contributed by atoms with Gasteiger partial charge in [0.1, 0.15) is 0 Å². The van der Waals surface area contributed by atoms with Crippen LogP contribution in [0.2, 0.25) is 13.1 Å². The van der Waals surface area contributed by atoms with Crippen LogP contribution in [-0.2, 0) is 20.1 Å². The van der Waals surface area contributed by atoms with E-state index in [9.17, 15) is 0 Å². The Hall–Kier alpha value is -0.413. The molecular weight excluding hydrogens is 662 g/mol. The average molecular weight is 702 g/mol. The summed E-state index contributed by atoms with van der Waals surface area (Å²) in [6.45, 7) is 15.2. The van der Waals surface area contributed by atoms with Gasteiger partial charge in [-0.1, -0.05) is 0 Å². The van der Waals surface area contributed by atoms with Gasteiger partial charge in [-0.05, 0) is 0 Å². The van der Waals surface area contributed by atoms with Crippen molar-refractivity contribution in [3.63, 3.8) is 0 Å². The maximum atomic E-state index is 2.70. The van der Waals surface area contributed by atoms with Crippen molar-refractivity contribution in [2.75, 3.05) is 0 Å². The summed E-state index contributed by atoms with van der Waals surface area (Å²) < 4.78 is 1.57. The normalized spacial score (nSPS) is 21.6. The predicted octanol–water partition coefficient (Wildman–Crippen LogP) is 3.21. The number of hydrogen-bond donors (Lipinski definition) is 0. The van der Waals surface area contributed by atoms with Crippen LogP contribution in [0, 0.1) is 11.8 Å². The van der Waals surface area contributed by atoms with Crippen LogP contribution in [0.3, 0.4) is 0 Å². The number of allylic oxidation sites excluding steroid dienone is 2. The minimum absolute atomic E-state index is 0. The van der Waals surface area contributed by atoms with Crippen LogP contribution in [0.1, 0.15) is 106 Å². The molecule has 0 N–H and O–H groups in total. The summed E-state index contributed by atoms with van der Waals surface area (Å²) in [4.78, 5) is 0. The Kier molecular flexibility index (Phi) is 8.73. The van der Waals surface area contributed by atoms with Crippen molar-refractivity contribution in [3.05, 3.63) is 80.9 Å². The molecule has 2 aromatic carbocycles. The van der Waals surface area contributed by atoms with E-state index < -0.39 is 20.1 Å². The van der Waals surface area contributed by atoms with Crippen LogP contribution >= 0.6 is 0 Å². The minimum Gasteiger partial charge on any atom is -1.00 e. The van der Waals surface area contributed by atoms with Gasteiger partial charge < -0.3 is 24.8 Å². The molecule has 2 atom stereocenters. The van der Waals surface area contributed by atoms with E-state index >= 15 is 0 Å². The Morgan fingerprint density at radius 3 is 1.31 bits per heavy atom. The van der Waals surface area contributed by atoms with Gasteiger partial charge in [-0.2, -0.15) is 0 Å². The molecule has 4 aliphatic rings. The van der Waals surface area contributed by atoms with E-state index in [0.717, 1.165) is 19.2 Å². The molecule has 0 spiro atoms. The maximum Gasteiger partial charge on any atom is -1.00 e. The van der Waals surface area contributed by atoms with Crippen molar-refractivity contribution in [1.29, 1.82) is 0 Å². The second-order valence-electron chi connectivity index (χ2n) is 12.2. The molecule has 0 aliphatic heterocycles. The summed E-state index contributed by atoms with van der Waals surface area (Å²) in [5.41, 5.74) is 13.4. The van der Waals surface area contributed by atoms with Gasteiger partial charge in [-0.3, -0.25) is 0 Å². The van der Waals surface area contributed by atoms with E-state index in [1.807, 2.05) is 0 Å². The summed E-state index contributed by atoms with van der Waals surface area (Å²) >= 11 is -2.23. The third kappa shape index (κ3) is 4.87. The fourth-order valence-corrected chi connectivity index (χ4v) is 36.7. The van der Waals surface area contributed by atoms with Gasteiger partial charge >= 0.3 is 216 Å². The second kappa shape index (κ2) is 11.0. The SMILES string of the molecule is CC(C)C1=Cc2c(C3CC3)cccc2[CH]1[Hf+2]([CH]1C(C(C)C)=Cc2c(C3CC3)cccc21)=[Si](C)C.[Cl-].[Cl-]. The molecule has 190 valence electrons. The Balaban J connectivity index is 0.00000152. The quantitative estimate of drug-likeness (QED) is 0.407. The first-order valence-electron chi connectivity index (χ1n) is 13.7. The van der Waals surface area contributed by atoms with Gasteiger partial charge in [0.05, 0.1) is 0 Å². The van der Waals surface area contributed by atoms with Crippen molar-refractivity contribution in [2.45, 2.75) is 85.7 Å². The molecule has 36 heavy (non-hydrogen) atoms. The van der Waals surface area contributed by atoms with Crippen LogP contribution in [0.4, 0.5) is 0 Å². The van der Waals surface area contributed by atoms with Crippen molar-refractivity contribution in [3.8, 4) is 0 Å². The number of benzene rings is 2. The molecule has 0 saturated heterocycles. The minimum atomic E-state index is -2.23. The Morgan fingerprint density at radius 1 is 0.639 bits per heavy atom. The number of fused-ring (bicyclic) bond motifs is 2. The topological polar surface area (TPSA) is 0 Å². The molecule has 4 heteroatoms. The molecule has 2 unspecified atom stereocenters. The molecular formula is C32H40Cl2HfSi. The van der Waals surface area contributed by atoms with Crippen LogP contribution in [0.5, 0.6) is 0 Å². The van der Waals surface area contributed by atoms with Crippen molar-refractivity contribution < 1.29 is 44.9 Å². The first kappa shape index (κ1) is 28.6. The molecule has 6 rings (SSSR count). The van der Waals surface area contributed by atoms with Crippen LogP contribution < -0.4 is 24.8 Å². The van der Waals surface area contributed by atoms with Gasteiger partial charge in [-0.15, -0.1) is 0 Å². The van der Waals surface area contributed by atoms with Crippen LogP contribution in [-0.4, -0.2) is 5.49 Å². The van der Waals surface area contributed by atoms with Crippen molar-refractivity contribution in [1.82, 2.24) is 0 Å². The molecule has 2 saturated carbocycles. The molecule has 0 bridgehead atoms. The maximum absolute atomic E-state index is 2.70. The molecule has 0 amide bonds. The second-order valence-corrected chi connectivity index (χ2v) is 37.1. The Morgan fingerprint density at radius 2 is 1.00 bits per heavy atom. The Labute approximate surface area is 239 Å². The van der Waals surface area contributed by atoms with Gasteiger partial charge in [0, 0.05) is 0 Å². The fraction of sp³-hybridized carbons (Fsp3) is 0.500. The van der Waals surface area contributed by atoms with Crippen LogP contribution in [0.15, 0.2) is 47.5 Å². The monoisotopic (exact) mass is 702 g/mol. The van der Waals surface area contributed by atoms with E-state index in [-0.39, 0.29) is 30.3 Å². The first-order valence-corrected chi connectivity index (χ1v) is 25.8.